The Hall–Kier alpha value is -2.47. The molecule has 0 saturated carbocycles. The van der Waals surface area contributed by atoms with Crippen LogP contribution in [0.1, 0.15) is 31.9 Å². The number of aromatic nitrogens is 2. The highest BCUT2D eigenvalue weighted by Crippen LogP contribution is 2.22. The fraction of sp³-hybridized carbons (Fsp3) is 0.500. The standard InChI is InChI=1S/C22H31N5O/c1-22(2,3)19-8-6-18(7-9-19)16-25(4)17-20(28)26-12-14-27(15-13-26)21-23-10-5-11-24-21/h5-11H,12-17H2,1-4H3. The van der Waals surface area contributed by atoms with Gasteiger partial charge in [-0.25, -0.2) is 9.97 Å². The van der Waals surface area contributed by atoms with Gasteiger partial charge in [0.15, 0.2) is 0 Å². The average Bonchev–Trinajstić information content (AvgIpc) is 2.68. The monoisotopic (exact) mass is 381 g/mol. The highest BCUT2D eigenvalue weighted by atomic mass is 16.2. The van der Waals surface area contributed by atoms with E-state index in [0.717, 1.165) is 25.6 Å². The summed E-state index contributed by atoms with van der Waals surface area (Å²) in [5.41, 5.74) is 2.72. The molecule has 0 N–H and O–H groups in total. The second kappa shape index (κ2) is 8.69. The van der Waals surface area contributed by atoms with Gasteiger partial charge in [0.1, 0.15) is 0 Å². The van der Waals surface area contributed by atoms with Crippen LogP contribution in [0, 0.1) is 0 Å². The number of hydrogen-bond acceptors (Lipinski definition) is 5. The third kappa shape index (κ3) is 5.29. The number of anilines is 1. The van der Waals surface area contributed by atoms with Crippen molar-refractivity contribution < 1.29 is 4.79 Å². The van der Waals surface area contributed by atoms with Gasteiger partial charge < -0.3 is 9.80 Å². The van der Waals surface area contributed by atoms with Gasteiger partial charge in [0, 0.05) is 45.1 Å². The van der Waals surface area contributed by atoms with E-state index in [2.05, 4.69) is 64.8 Å². The molecule has 1 aromatic carbocycles. The minimum atomic E-state index is 0.160. The lowest BCUT2D eigenvalue weighted by Crippen LogP contribution is -2.51. The first-order chi connectivity index (χ1) is 13.3. The van der Waals surface area contributed by atoms with E-state index in [4.69, 9.17) is 0 Å². The Bertz CT molecular complexity index is 762. The molecule has 2 aromatic rings. The smallest absolute Gasteiger partial charge is 0.236 e. The first-order valence-electron chi connectivity index (χ1n) is 9.90. The first-order valence-corrected chi connectivity index (χ1v) is 9.90. The van der Waals surface area contributed by atoms with Crippen LogP contribution in [-0.4, -0.2) is 65.4 Å². The maximum absolute atomic E-state index is 12.7. The zero-order valence-electron chi connectivity index (χ0n) is 17.4. The van der Waals surface area contributed by atoms with Crippen LogP contribution >= 0.6 is 0 Å². The molecule has 28 heavy (non-hydrogen) atoms. The molecule has 1 aliphatic rings. The minimum absolute atomic E-state index is 0.160. The summed E-state index contributed by atoms with van der Waals surface area (Å²) in [4.78, 5) is 27.4. The number of likely N-dealkylation sites (N-methyl/N-ethyl adjacent to an activating group) is 1. The average molecular weight is 382 g/mol. The van der Waals surface area contributed by atoms with E-state index in [1.165, 1.54) is 11.1 Å². The number of carbonyl (C=O) groups is 1. The Morgan fingerprint density at radius 1 is 1.04 bits per heavy atom. The van der Waals surface area contributed by atoms with Gasteiger partial charge in [-0.05, 0) is 29.7 Å². The van der Waals surface area contributed by atoms with Gasteiger partial charge in [0.25, 0.3) is 0 Å². The van der Waals surface area contributed by atoms with Crippen molar-refractivity contribution in [1.29, 1.82) is 0 Å². The van der Waals surface area contributed by atoms with E-state index < -0.39 is 0 Å². The summed E-state index contributed by atoms with van der Waals surface area (Å²) in [6, 6.07) is 10.5. The van der Waals surface area contributed by atoms with Crippen molar-refractivity contribution in [3.8, 4) is 0 Å². The Labute approximate surface area is 168 Å². The third-order valence-electron chi connectivity index (χ3n) is 5.14. The van der Waals surface area contributed by atoms with E-state index in [9.17, 15) is 4.79 Å². The maximum Gasteiger partial charge on any atom is 0.236 e. The molecule has 1 aliphatic heterocycles. The van der Waals surface area contributed by atoms with Crippen LogP contribution in [0.4, 0.5) is 5.95 Å². The van der Waals surface area contributed by atoms with E-state index in [1.54, 1.807) is 12.4 Å². The number of benzene rings is 1. The molecule has 150 valence electrons. The predicted molar refractivity (Wildman–Crippen MR) is 112 cm³/mol. The van der Waals surface area contributed by atoms with Crippen molar-refractivity contribution >= 4 is 11.9 Å². The summed E-state index contributed by atoms with van der Waals surface area (Å²) in [6.45, 7) is 10.8. The predicted octanol–water partition coefficient (Wildman–Crippen LogP) is 2.55. The normalized spacial score (nSPS) is 15.2. The number of piperazine rings is 1. The van der Waals surface area contributed by atoms with Gasteiger partial charge in [-0.1, -0.05) is 45.0 Å². The molecular formula is C22H31N5O. The van der Waals surface area contributed by atoms with Crippen LogP contribution in [0.15, 0.2) is 42.7 Å². The fourth-order valence-corrected chi connectivity index (χ4v) is 3.42. The first kappa shape index (κ1) is 20.3. The molecule has 1 saturated heterocycles. The van der Waals surface area contributed by atoms with Crippen molar-refractivity contribution in [2.24, 2.45) is 0 Å². The fourth-order valence-electron chi connectivity index (χ4n) is 3.42. The molecule has 0 bridgehead atoms. The summed E-state index contributed by atoms with van der Waals surface area (Å²) in [5.74, 6) is 0.924. The molecule has 3 rings (SSSR count). The molecule has 6 nitrogen and oxygen atoms in total. The lowest BCUT2D eigenvalue weighted by Gasteiger charge is -2.35. The van der Waals surface area contributed by atoms with Crippen LogP contribution in [0.5, 0.6) is 0 Å². The molecule has 0 aliphatic carbocycles. The van der Waals surface area contributed by atoms with Crippen LogP contribution in [0.25, 0.3) is 0 Å². The van der Waals surface area contributed by atoms with Gasteiger partial charge >= 0.3 is 0 Å². The summed E-state index contributed by atoms with van der Waals surface area (Å²) < 4.78 is 0. The summed E-state index contributed by atoms with van der Waals surface area (Å²) in [7, 11) is 2.00. The van der Waals surface area contributed by atoms with Gasteiger partial charge in [-0.3, -0.25) is 9.69 Å². The van der Waals surface area contributed by atoms with Gasteiger partial charge in [0.05, 0.1) is 6.54 Å². The quantitative estimate of drug-likeness (QED) is 0.797. The van der Waals surface area contributed by atoms with Gasteiger partial charge in [-0.15, -0.1) is 0 Å². The van der Waals surface area contributed by atoms with E-state index in [-0.39, 0.29) is 11.3 Å². The molecular weight excluding hydrogens is 350 g/mol. The Kier molecular flexibility index (Phi) is 6.29. The van der Waals surface area contributed by atoms with Crippen molar-refractivity contribution in [1.82, 2.24) is 19.8 Å². The van der Waals surface area contributed by atoms with Crippen molar-refractivity contribution in [3.63, 3.8) is 0 Å². The maximum atomic E-state index is 12.7. The van der Waals surface area contributed by atoms with E-state index >= 15 is 0 Å². The second-order valence-electron chi connectivity index (χ2n) is 8.54. The summed E-state index contributed by atoms with van der Waals surface area (Å²) >= 11 is 0. The van der Waals surface area contributed by atoms with Crippen LogP contribution < -0.4 is 4.90 Å². The molecule has 2 heterocycles. The molecule has 0 unspecified atom stereocenters. The molecule has 1 aromatic heterocycles. The zero-order valence-corrected chi connectivity index (χ0v) is 17.4. The van der Waals surface area contributed by atoms with Crippen LogP contribution in [0.2, 0.25) is 0 Å². The number of rotatable bonds is 5. The Balaban J connectivity index is 1.47. The molecule has 0 radical (unpaired) electrons. The summed E-state index contributed by atoms with van der Waals surface area (Å²) in [6.07, 6.45) is 3.51. The largest absolute Gasteiger partial charge is 0.338 e. The Morgan fingerprint density at radius 2 is 1.64 bits per heavy atom. The van der Waals surface area contributed by atoms with Crippen LogP contribution in [-0.2, 0) is 16.8 Å². The van der Waals surface area contributed by atoms with Crippen molar-refractivity contribution in [2.45, 2.75) is 32.7 Å². The molecule has 1 amide bonds. The highest BCUT2D eigenvalue weighted by Gasteiger charge is 2.23. The molecule has 1 fully saturated rings. The summed E-state index contributed by atoms with van der Waals surface area (Å²) in [5, 5.41) is 0. The lowest BCUT2D eigenvalue weighted by atomic mass is 9.87. The molecule has 0 atom stereocenters. The number of nitrogens with zero attached hydrogens (tertiary/aromatic N) is 5. The Morgan fingerprint density at radius 3 is 2.21 bits per heavy atom. The van der Waals surface area contributed by atoms with E-state index in [0.29, 0.717) is 19.6 Å². The third-order valence-corrected chi connectivity index (χ3v) is 5.14. The SMILES string of the molecule is CN(CC(=O)N1CCN(c2ncccn2)CC1)Cc1ccc(C(C)(C)C)cc1. The van der Waals surface area contributed by atoms with Gasteiger partial charge in [0.2, 0.25) is 11.9 Å². The molecule has 0 spiro atoms. The van der Waals surface area contributed by atoms with Crippen LogP contribution in [0.3, 0.4) is 0 Å². The number of hydrogen-bond donors (Lipinski definition) is 0. The topological polar surface area (TPSA) is 52.6 Å². The molecule has 6 heteroatoms. The number of amides is 1. The lowest BCUT2D eigenvalue weighted by molar-refractivity contribution is -0.132. The van der Waals surface area contributed by atoms with Gasteiger partial charge in [-0.2, -0.15) is 0 Å². The minimum Gasteiger partial charge on any atom is -0.338 e. The van der Waals surface area contributed by atoms with E-state index in [1.807, 2.05) is 18.0 Å². The highest BCUT2D eigenvalue weighted by molar-refractivity contribution is 5.78. The van der Waals surface area contributed by atoms with Crippen molar-refractivity contribution in [3.05, 3.63) is 53.9 Å². The van der Waals surface area contributed by atoms with Crippen molar-refractivity contribution in [2.75, 3.05) is 44.7 Å². The number of carbonyl (C=O) groups excluding carboxylic acids is 1. The zero-order chi connectivity index (χ0) is 20.1. The second-order valence-corrected chi connectivity index (χ2v) is 8.54.